The minimum absolute atomic E-state index is 0.221. The Balaban J connectivity index is 1.65. The number of rotatable bonds is 7. The average Bonchev–Trinajstić information content (AvgIpc) is 3.20. The lowest BCUT2D eigenvalue weighted by molar-refractivity contribution is 0.0947. The zero-order valence-corrected chi connectivity index (χ0v) is 19.6. The van der Waals surface area contributed by atoms with E-state index in [9.17, 15) is 9.59 Å². The summed E-state index contributed by atoms with van der Waals surface area (Å²) in [5, 5.41) is 6.63. The molecule has 174 valence electrons. The molecule has 4 rings (SSSR count). The van der Waals surface area contributed by atoms with E-state index in [2.05, 4.69) is 15.6 Å². The van der Waals surface area contributed by atoms with E-state index >= 15 is 0 Å². The van der Waals surface area contributed by atoms with E-state index in [1.165, 1.54) is 0 Å². The lowest BCUT2D eigenvalue weighted by Crippen LogP contribution is -2.25. The van der Waals surface area contributed by atoms with Crippen molar-refractivity contribution in [1.29, 1.82) is 0 Å². The van der Waals surface area contributed by atoms with Crippen molar-refractivity contribution in [2.45, 2.75) is 20.4 Å². The number of H-pyrrole nitrogens is 1. The first-order valence-corrected chi connectivity index (χ1v) is 10.9. The monoisotopic (exact) mass is 457 g/mol. The highest BCUT2D eigenvalue weighted by atomic mass is 16.5. The van der Waals surface area contributed by atoms with Gasteiger partial charge in [0.05, 0.1) is 19.9 Å². The first-order chi connectivity index (χ1) is 16.4. The van der Waals surface area contributed by atoms with Gasteiger partial charge >= 0.3 is 0 Å². The molecule has 0 bridgehead atoms. The van der Waals surface area contributed by atoms with Crippen molar-refractivity contribution in [2.75, 3.05) is 19.5 Å². The molecule has 1 heterocycles. The number of ether oxygens (including phenoxy) is 2. The molecule has 0 unspecified atom stereocenters. The summed E-state index contributed by atoms with van der Waals surface area (Å²) < 4.78 is 10.7. The second kappa shape index (κ2) is 9.70. The van der Waals surface area contributed by atoms with Gasteiger partial charge in [-0.1, -0.05) is 29.3 Å². The molecule has 0 saturated heterocycles. The molecule has 4 aromatic rings. The second-order valence-corrected chi connectivity index (χ2v) is 8.10. The first kappa shape index (κ1) is 22.9. The second-order valence-electron chi connectivity index (χ2n) is 8.10. The van der Waals surface area contributed by atoms with Crippen LogP contribution in [0.5, 0.6) is 11.5 Å². The van der Waals surface area contributed by atoms with Crippen LogP contribution in [0.2, 0.25) is 0 Å². The number of methoxy groups -OCH3 is 2. The standard InChI is InChI=1S/C27H27N3O4/c1-16-5-8-18(9-6-16)26(31)30-24-21-13-17(2)7-11-22(21)29-25(24)27(32)28-15-19-14-20(33-3)10-12-23(19)34-4/h5-14,29H,15H2,1-4H3,(H,28,32)(H,30,31). The van der Waals surface area contributed by atoms with Gasteiger partial charge in [-0.2, -0.15) is 0 Å². The normalized spacial score (nSPS) is 10.7. The zero-order chi connectivity index (χ0) is 24.2. The molecule has 0 aliphatic rings. The van der Waals surface area contributed by atoms with Crippen LogP contribution in [-0.2, 0) is 6.54 Å². The third-order valence-corrected chi connectivity index (χ3v) is 5.66. The van der Waals surface area contributed by atoms with Gasteiger partial charge in [0.25, 0.3) is 11.8 Å². The third kappa shape index (κ3) is 4.73. The van der Waals surface area contributed by atoms with Crippen LogP contribution in [-0.4, -0.2) is 31.0 Å². The van der Waals surface area contributed by atoms with Crippen molar-refractivity contribution in [1.82, 2.24) is 10.3 Å². The minimum atomic E-state index is -0.349. The molecule has 0 aliphatic heterocycles. The summed E-state index contributed by atoms with van der Waals surface area (Å²) in [5.74, 6) is 0.669. The van der Waals surface area contributed by atoms with Crippen molar-refractivity contribution in [3.05, 3.63) is 88.6 Å². The molecule has 0 saturated carbocycles. The molecular weight excluding hydrogens is 430 g/mol. The third-order valence-electron chi connectivity index (χ3n) is 5.66. The Hall–Kier alpha value is -4.26. The molecule has 0 radical (unpaired) electrons. The Morgan fingerprint density at radius 3 is 2.29 bits per heavy atom. The SMILES string of the molecule is COc1ccc(OC)c(CNC(=O)c2[nH]c3ccc(C)cc3c2NC(=O)c2ccc(C)cc2)c1. The van der Waals surface area contributed by atoms with Crippen molar-refractivity contribution in [3.8, 4) is 11.5 Å². The number of benzene rings is 3. The Morgan fingerprint density at radius 1 is 0.853 bits per heavy atom. The maximum atomic E-state index is 13.2. The maximum Gasteiger partial charge on any atom is 0.270 e. The number of carbonyl (C=O) groups excluding carboxylic acids is 2. The summed E-state index contributed by atoms with van der Waals surface area (Å²) in [5.41, 5.74) is 4.85. The van der Waals surface area contributed by atoms with Crippen LogP contribution in [0.4, 0.5) is 5.69 Å². The van der Waals surface area contributed by atoms with E-state index in [1.807, 2.05) is 50.2 Å². The number of fused-ring (bicyclic) bond motifs is 1. The lowest BCUT2D eigenvalue weighted by atomic mass is 10.1. The van der Waals surface area contributed by atoms with Crippen LogP contribution in [0.15, 0.2) is 60.7 Å². The Kier molecular flexibility index (Phi) is 6.54. The zero-order valence-electron chi connectivity index (χ0n) is 19.6. The van der Waals surface area contributed by atoms with E-state index in [1.54, 1.807) is 38.5 Å². The summed E-state index contributed by atoms with van der Waals surface area (Å²) in [4.78, 5) is 29.4. The first-order valence-electron chi connectivity index (χ1n) is 10.9. The number of aryl methyl sites for hydroxylation is 2. The van der Waals surface area contributed by atoms with Crippen LogP contribution >= 0.6 is 0 Å². The Morgan fingerprint density at radius 2 is 1.59 bits per heavy atom. The van der Waals surface area contributed by atoms with E-state index in [0.717, 1.165) is 27.6 Å². The molecule has 0 aliphatic carbocycles. The predicted octanol–water partition coefficient (Wildman–Crippen LogP) is 4.98. The van der Waals surface area contributed by atoms with Crippen LogP contribution in [0.25, 0.3) is 10.9 Å². The number of aromatic amines is 1. The molecule has 0 fully saturated rings. The fourth-order valence-electron chi connectivity index (χ4n) is 3.78. The molecule has 3 N–H and O–H groups in total. The van der Waals surface area contributed by atoms with Gasteiger partial charge < -0.3 is 25.1 Å². The Bertz CT molecular complexity index is 1360. The van der Waals surface area contributed by atoms with E-state index < -0.39 is 0 Å². The highest BCUT2D eigenvalue weighted by Crippen LogP contribution is 2.30. The summed E-state index contributed by atoms with van der Waals surface area (Å²) in [6.07, 6.45) is 0. The van der Waals surface area contributed by atoms with Gasteiger partial charge in [-0.15, -0.1) is 0 Å². The summed E-state index contributed by atoms with van der Waals surface area (Å²) in [6, 6.07) is 18.5. The number of anilines is 1. The van der Waals surface area contributed by atoms with Crippen LogP contribution in [0, 0.1) is 13.8 Å². The van der Waals surface area contributed by atoms with E-state index in [-0.39, 0.29) is 24.1 Å². The quantitative estimate of drug-likeness (QED) is 0.365. The van der Waals surface area contributed by atoms with Gasteiger partial charge in [0.15, 0.2) is 0 Å². The minimum Gasteiger partial charge on any atom is -0.497 e. The predicted molar refractivity (Wildman–Crippen MR) is 133 cm³/mol. The number of amides is 2. The number of carbonyl (C=O) groups is 2. The fraction of sp³-hybridized carbons (Fsp3) is 0.185. The lowest BCUT2D eigenvalue weighted by Gasteiger charge is -2.12. The van der Waals surface area contributed by atoms with Crippen molar-refractivity contribution < 1.29 is 19.1 Å². The molecule has 3 aromatic carbocycles. The molecule has 7 heteroatoms. The van der Waals surface area contributed by atoms with Crippen LogP contribution in [0.1, 0.15) is 37.5 Å². The fourth-order valence-corrected chi connectivity index (χ4v) is 3.78. The van der Waals surface area contributed by atoms with Gasteiger partial charge in [0, 0.05) is 28.6 Å². The molecule has 0 spiro atoms. The molecule has 7 nitrogen and oxygen atoms in total. The van der Waals surface area contributed by atoms with Gasteiger partial charge in [-0.05, 0) is 56.3 Å². The number of hydrogen-bond donors (Lipinski definition) is 3. The molecular formula is C27H27N3O4. The van der Waals surface area contributed by atoms with E-state index in [4.69, 9.17) is 9.47 Å². The average molecular weight is 458 g/mol. The molecule has 2 amide bonds. The van der Waals surface area contributed by atoms with Crippen molar-refractivity contribution in [3.63, 3.8) is 0 Å². The van der Waals surface area contributed by atoms with Crippen LogP contribution in [0.3, 0.4) is 0 Å². The number of hydrogen-bond acceptors (Lipinski definition) is 4. The maximum absolute atomic E-state index is 13.2. The largest absolute Gasteiger partial charge is 0.497 e. The molecule has 0 atom stereocenters. The highest BCUT2D eigenvalue weighted by molar-refractivity contribution is 6.15. The van der Waals surface area contributed by atoms with Gasteiger partial charge in [-0.3, -0.25) is 9.59 Å². The highest BCUT2D eigenvalue weighted by Gasteiger charge is 2.21. The molecule has 34 heavy (non-hydrogen) atoms. The van der Waals surface area contributed by atoms with Gasteiger partial charge in [-0.25, -0.2) is 0 Å². The van der Waals surface area contributed by atoms with E-state index in [0.29, 0.717) is 22.7 Å². The summed E-state index contributed by atoms with van der Waals surface area (Å²) in [6.45, 7) is 4.15. The number of aromatic nitrogens is 1. The number of nitrogens with one attached hydrogen (secondary N) is 3. The topological polar surface area (TPSA) is 92.4 Å². The van der Waals surface area contributed by atoms with Crippen molar-refractivity contribution >= 4 is 28.4 Å². The Labute approximate surface area is 198 Å². The molecule has 1 aromatic heterocycles. The summed E-state index contributed by atoms with van der Waals surface area (Å²) in [7, 11) is 3.16. The van der Waals surface area contributed by atoms with Crippen molar-refractivity contribution in [2.24, 2.45) is 0 Å². The van der Waals surface area contributed by atoms with Gasteiger partial charge in [0.1, 0.15) is 17.2 Å². The summed E-state index contributed by atoms with van der Waals surface area (Å²) >= 11 is 0. The van der Waals surface area contributed by atoms with Crippen LogP contribution < -0.4 is 20.1 Å². The smallest absolute Gasteiger partial charge is 0.270 e. The van der Waals surface area contributed by atoms with Gasteiger partial charge in [0.2, 0.25) is 0 Å².